The van der Waals surface area contributed by atoms with Crippen LogP contribution in [0.5, 0.6) is 5.75 Å². The number of carbonyl (C=O) groups is 2. The van der Waals surface area contributed by atoms with E-state index >= 15 is 0 Å². The van der Waals surface area contributed by atoms with Gasteiger partial charge in [-0.1, -0.05) is 13.0 Å². The zero-order valence-electron chi connectivity index (χ0n) is 19.1. The Morgan fingerprint density at radius 2 is 1.67 bits per heavy atom. The maximum Gasteiger partial charge on any atom is 0.331 e. The van der Waals surface area contributed by atoms with Gasteiger partial charge in [0.1, 0.15) is 11.5 Å². The van der Waals surface area contributed by atoms with E-state index in [1.165, 1.54) is 28.8 Å². The number of nitrogens with zero attached hydrogens (tertiary/aromatic N) is 2. The molecule has 2 N–H and O–H groups in total. The predicted octanol–water partition coefficient (Wildman–Crippen LogP) is 2.48. The lowest BCUT2D eigenvalue weighted by Crippen LogP contribution is -2.39. The number of Topliss-reactive ketones (excluding diaryl/α,β-unsaturated/α-hetero) is 1. The molecule has 0 spiro atoms. The summed E-state index contributed by atoms with van der Waals surface area (Å²) in [7, 11) is 0. The van der Waals surface area contributed by atoms with Crippen LogP contribution >= 0.6 is 0 Å². The standard InChI is InChI=1S/C25H29N3O5/c1-4-27-22-11-6-17(14-21(22)24(32)28(5-2)25(27)33)13-20(30)12-16(3)15-26-23(31)18-7-9-19(29)10-8-18/h6-11,14,16,29H,4-5,12-13,15H2,1-3H3,(H,26,31). The highest BCUT2D eigenvalue weighted by molar-refractivity contribution is 5.94. The average molecular weight is 452 g/mol. The first-order valence-corrected chi connectivity index (χ1v) is 11.1. The third-order valence-electron chi connectivity index (χ3n) is 5.64. The Labute approximate surface area is 191 Å². The maximum absolute atomic E-state index is 12.8. The fourth-order valence-electron chi connectivity index (χ4n) is 3.91. The van der Waals surface area contributed by atoms with Crippen molar-refractivity contribution in [2.45, 2.75) is 46.7 Å². The van der Waals surface area contributed by atoms with Crippen LogP contribution in [0.15, 0.2) is 52.1 Å². The highest BCUT2D eigenvalue weighted by atomic mass is 16.3. The van der Waals surface area contributed by atoms with Gasteiger partial charge in [-0.05, 0) is 61.7 Å². The number of ketones is 1. The zero-order valence-corrected chi connectivity index (χ0v) is 19.1. The summed E-state index contributed by atoms with van der Waals surface area (Å²) < 4.78 is 2.76. The summed E-state index contributed by atoms with van der Waals surface area (Å²) in [5.41, 5.74) is 1.05. The molecule has 0 fully saturated rings. The number of amides is 1. The van der Waals surface area contributed by atoms with Crippen LogP contribution < -0.4 is 16.6 Å². The predicted molar refractivity (Wildman–Crippen MR) is 127 cm³/mol. The van der Waals surface area contributed by atoms with Crippen LogP contribution in [0.2, 0.25) is 0 Å². The summed E-state index contributed by atoms with van der Waals surface area (Å²) in [6, 6.07) is 11.2. The molecular formula is C25H29N3O5. The molecule has 174 valence electrons. The van der Waals surface area contributed by atoms with Crippen LogP contribution in [0.3, 0.4) is 0 Å². The second kappa shape index (κ2) is 10.3. The van der Waals surface area contributed by atoms with Crippen molar-refractivity contribution >= 4 is 22.6 Å². The molecule has 0 bridgehead atoms. The van der Waals surface area contributed by atoms with Crippen molar-refractivity contribution in [1.82, 2.24) is 14.5 Å². The fraction of sp³-hybridized carbons (Fsp3) is 0.360. The Balaban J connectivity index is 1.66. The lowest BCUT2D eigenvalue weighted by atomic mass is 9.99. The number of phenols is 1. The number of hydrogen-bond acceptors (Lipinski definition) is 5. The monoisotopic (exact) mass is 451 g/mol. The van der Waals surface area contributed by atoms with E-state index in [1.807, 2.05) is 13.8 Å². The van der Waals surface area contributed by atoms with Crippen LogP contribution in [0, 0.1) is 5.92 Å². The van der Waals surface area contributed by atoms with Gasteiger partial charge in [0.2, 0.25) is 0 Å². The van der Waals surface area contributed by atoms with Crippen molar-refractivity contribution < 1.29 is 14.7 Å². The largest absolute Gasteiger partial charge is 0.508 e. The highest BCUT2D eigenvalue weighted by Crippen LogP contribution is 2.15. The van der Waals surface area contributed by atoms with E-state index in [9.17, 15) is 24.3 Å². The van der Waals surface area contributed by atoms with Crippen LogP contribution in [0.25, 0.3) is 10.9 Å². The first kappa shape index (κ1) is 24.0. The first-order valence-electron chi connectivity index (χ1n) is 11.1. The van der Waals surface area contributed by atoms with E-state index in [0.29, 0.717) is 35.1 Å². The molecule has 0 saturated heterocycles. The minimum Gasteiger partial charge on any atom is -0.508 e. The molecule has 0 aliphatic carbocycles. The number of aryl methyl sites for hydroxylation is 1. The van der Waals surface area contributed by atoms with E-state index in [4.69, 9.17) is 0 Å². The number of carbonyl (C=O) groups excluding carboxylic acids is 2. The molecule has 0 saturated carbocycles. The van der Waals surface area contributed by atoms with Crippen molar-refractivity contribution in [1.29, 1.82) is 0 Å². The van der Waals surface area contributed by atoms with Crippen molar-refractivity contribution in [3.63, 3.8) is 0 Å². The molecule has 0 aliphatic heterocycles. The Kier molecular flexibility index (Phi) is 7.48. The van der Waals surface area contributed by atoms with Crippen molar-refractivity contribution in [3.05, 3.63) is 74.4 Å². The number of aromatic nitrogens is 2. The molecular weight excluding hydrogens is 422 g/mol. The summed E-state index contributed by atoms with van der Waals surface area (Å²) in [5.74, 6) is -0.245. The molecule has 0 aliphatic rings. The Bertz CT molecular complexity index is 1290. The van der Waals surface area contributed by atoms with E-state index < -0.39 is 0 Å². The smallest absolute Gasteiger partial charge is 0.331 e. The maximum atomic E-state index is 12.8. The zero-order chi connectivity index (χ0) is 24.1. The Morgan fingerprint density at radius 1 is 1.00 bits per heavy atom. The van der Waals surface area contributed by atoms with Crippen molar-refractivity contribution in [3.8, 4) is 5.75 Å². The summed E-state index contributed by atoms with van der Waals surface area (Å²) >= 11 is 0. The molecule has 8 heteroatoms. The molecule has 3 rings (SSSR count). The van der Waals surface area contributed by atoms with Crippen LogP contribution in [-0.4, -0.2) is 32.5 Å². The number of rotatable bonds is 9. The van der Waals surface area contributed by atoms with Gasteiger partial charge < -0.3 is 10.4 Å². The van der Waals surface area contributed by atoms with Gasteiger partial charge in [-0.15, -0.1) is 0 Å². The number of benzene rings is 2. The summed E-state index contributed by atoms with van der Waals surface area (Å²) in [6.45, 7) is 6.56. The lowest BCUT2D eigenvalue weighted by molar-refractivity contribution is -0.119. The number of fused-ring (bicyclic) bond motifs is 1. The van der Waals surface area contributed by atoms with E-state index in [0.717, 1.165) is 0 Å². The number of nitrogens with one attached hydrogen (secondary N) is 1. The number of aromatic hydroxyl groups is 1. The second-order valence-corrected chi connectivity index (χ2v) is 8.21. The van der Waals surface area contributed by atoms with Gasteiger partial charge in [0.15, 0.2) is 0 Å². The van der Waals surface area contributed by atoms with Gasteiger partial charge in [0.25, 0.3) is 11.5 Å². The number of phenolic OH excluding ortho intramolecular Hbond substituents is 1. The SMILES string of the molecule is CCn1c(=O)c2cc(CC(=O)CC(C)CNC(=O)c3ccc(O)cc3)ccc2n(CC)c1=O. The molecule has 1 atom stereocenters. The normalized spacial score (nSPS) is 12.0. The molecule has 1 heterocycles. The molecule has 2 aromatic carbocycles. The van der Waals surface area contributed by atoms with Crippen molar-refractivity contribution in [2.75, 3.05) is 6.54 Å². The molecule has 0 radical (unpaired) electrons. The summed E-state index contributed by atoms with van der Waals surface area (Å²) in [4.78, 5) is 50.1. The fourth-order valence-corrected chi connectivity index (χ4v) is 3.91. The highest BCUT2D eigenvalue weighted by Gasteiger charge is 2.15. The average Bonchev–Trinajstić information content (AvgIpc) is 2.79. The summed E-state index contributed by atoms with van der Waals surface area (Å²) in [5, 5.41) is 12.5. The van der Waals surface area contributed by atoms with Gasteiger partial charge in [0, 0.05) is 38.0 Å². The van der Waals surface area contributed by atoms with E-state index in [1.54, 1.807) is 29.7 Å². The van der Waals surface area contributed by atoms with E-state index in [-0.39, 0.29) is 54.0 Å². The van der Waals surface area contributed by atoms with Gasteiger partial charge in [-0.3, -0.25) is 23.5 Å². The number of hydrogen-bond donors (Lipinski definition) is 2. The first-order chi connectivity index (χ1) is 15.7. The molecule has 1 unspecified atom stereocenters. The van der Waals surface area contributed by atoms with Gasteiger partial charge in [-0.25, -0.2) is 4.79 Å². The molecule has 1 aromatic heterocycles. The minimum absolute atomic E-state index is 0.000336. The Morgan fingerprint density at radius 3 is 2.30 bits per heavy atom. The van der Waals surface area contributed by atoms with Gasteiger partial charge >= 0.3 is 5.69 Å². The lowest BCUT2D eigenvalue weighted by Gasteiger charge is -2.14. The minimum atomic E-state index is -0.346. The Hall–Kier alpha value is -3.68. The molecule has 33 heavy (non-hydrogen) atoms. The van der Waals surface area contributed by atoms with Crippen molar-refractivity contribution in [2.24, 2.45) is 5.92 Å². The van der Waals surface area contributed by atoms with Crippen LogP contribution in [0.1, 0.15) is 43.1 Å². The van der Waals surface area contributed by atoms with Gasteiger partial charge in [0.05, 0.1) is 10.9 Å². The van der Waals surface area contributed by atoms with Gasteiger partial charge in [-0.2, -0.15) is 0 Å². The third-order valence-corrected chi connectivity index (χ3v) is 5.64. The quantitative estimate of drug-likeness (QED) is 0.519. The second-order valence-electron chi connectivity index (χ2n) is 8.21. The topological polar surface area (TPSA) is 110 Å². The molecule has 8 nitrogen and oxygen atoms in total. The van der Waals surface area contributed by atoms with E-state index in [2.05, 4.69) is 5.32 Å². The molecule has 1 amide bonds. The third kappa shape index (κ3) is 5.39. The summed E-state index contributed by atoms with van der Waals surface area (Å²) in [6.07, 6.45) is 0.449. The van der Waals surface area contributed by atoms with Crippen LogP contribution in [-0.2, 0) is 24.3 Å². The van der Waals surface area contributed by atoms with Crippen LogP contribution in [0.4, 0.5) is 0 Å². The molecule has 3 aromatic rings.